The first-order valence-electron chi connectivity index (χ1n) is 9.72. The molecule has 2 aliphatic rings. The van der Waals surface area contributed by atoms with Gasteiger partial charge in [0, 0.05) is 30.9 Å². The highest BCUT2D eigenvalue weighted by molar-refractivity contribution is 8.24. The van der Waals surface area contributed by atoms with Gasteiger partial charge in [-0.25, -0.2) is 0 Å². The van der Waals surface area contributed by atoms with Gasteiger partial charge in [0.05, 0.1) is 23.4 Å². The van der Waals surface area contributed by atoms with Crippen LogP contribution >= 0.6 is 11.0 Å². The van der Waals surface area contributed by atoms with Crippen LogP contribution in [0.3, 0.4) is 0 Å². The Morgan fingerprint density at radius 1 is 1.37 bits per heavy atom. The van der Waals surface area contributed by atoms with Gasteiger partial charge in [-0.05, 0) is 55.0 Å². The number of anilines is 1. The Morgan fingerprint density at radius 2 is 2.20 bits per heavy atom. The van der Waals surface area contributed by atoms with Gasteiger partial charge in [-0.15, -0.1) is 4.40 Å². The van der Waals surface area contributed by atoms with Crippen LogP contribution in [0.5, 0.6) is 5.75 Å². The van der Waals surface area contributed by atoms with Crippen molar-refractivity contribution in [1.82, 2.24) is 9.88 Å². The molecular weight excluding hydrogens is 406 g/mol. The van der Waals surface area contributed by atoms with E-state index in [0.717, 1.165) is 18.5 Å². The summed E-state index contributed by atoms with van der Waals surface area (Å²) in [5, 5.41) is 0. The molecule has 5 N–H and O–H groups in total. The molecule has 160 valence electrons. The fourth-order valence-corrected chi connectivity index (χ4v) is 4.70. The lowest BCUT2D eigenvalue weighted by atomic mass is 9.98. The largest absolute Gasteiger partial charge is 0.492 e. The number of amidine groups is 1. The molecule has 2 aromatic rings. The lowest BCUT2D eigenvalue weighted by molar-refractivity contribution is 0.0632. The molecule has 1 atom stereocenters. The highest BCUT2D eigenvalue weighted by atomic mass is 32.3. The van der Waals surface area contributed by atoms with Gasteiger partial charge >= 0.3 is 0 Å². The second-order valence-corrected chi connectivity index (χ2v) is 8.91. The number of benzene rings is 1. The van der Waals surface area contributed by atoms with Crippen molar-refractivity contribution < 1.29 is 18.6 Å². The number of aromatic nitrogens is 1. The number of rotatable bonds is 4. The van der Waals surface area contributed by atoms with Crippen molar-refractivity contribution in [2.45, 2.75) is 19.8 Å². The third kappa shape index (κ3) is 4.20. The molecule has 0 saturated carbocycles. The van der Waals surface area contributed by atoms with Gasteiger partial charge in [-0.3, -0.25) is 23.6 Å². The predicted octanol–water partition coefficient (Wildman–Crippen LogP) is 3.03. The fraction of sp³-hybridized carbons (Fsp3) is 0.350. The van der Waals surface area contributed by atoms with E-state index in [0.29, 0.717) is 42.3 Å². The minimum Gasteiger partial charge on any atom is -0.492 e. The summed E-state index contributed by atoms with van der Waals surface area (Å²) in [6, 6.07) is 8.79. The van der Waals surface area contributed by atoms with Crippen LogP contribution in [-0.2, 0) is 0 Å². The van der Waals surface area contributed by atoms with E-state index >= 15 is 0 Å². The number of hydrogen-bond donors (Lipinski definition) is 4. The smallest absolute Gasteiger partial charge is 0.255 e. The Hall–Kier alpha value is -2.82. The van der Waals surface area contributed by atoms with Gasteiger partial charge < -0.3 is 15.4 Å². The van der Waals surface area contributed by atoms with E-state index in [9.17, 15) is 13.9 Å². The van der Waals surface area contributed by atoms with Crippen molar-refractivity contribution in [3.8, 4) is 5.75 Å². The zero-order chi connectivity index (χ0) is 21.3. The van der Waals surface area contributed by atoms with Crippen molar-refractivity contribution in [3.63, 3.8) is 0 Å². The Morgan fingerprint density at radius 3 is 3.00 bits per heavy atom. The SMILES string of the molecule is Cc1ncccc1C(=O)N1CCC[C@H](COc2cccc3c2C(N)=NS(O)(O)N3)C1. The topological polar surface area (TPSA) is 133 Å². The van der Waals surface area contributed by atoms with E-state index in [1.54, 1.807) is 36.5 Å². The van der Waals surface area contributed by atoms with Crippen LogP contribution in [0.2, 0.25) is 0 Å². The number of amides is 1. The number of piperidine rings is 1. The molecule has 4 rings (SSSR count). The first-order chi connectivity index (χ1) is 14.3. The van der Waals surface area contributed by atoms with Crippen LogP contribution < -0.4 is 15.2 Å². The molecule has 30 heavy (non-hydrogen) atoms. The van der Waals surface area contributed by atoms with Crippen molar-refractivity contribution in [3.05, 3.63) is 53.3 Å². The van der Waals surface area contributed by atoms with Gasteiger partial charge in [0.2, 0.25) is 0 Å². The van der Waals surface area contributed by atoms with Gasteiger partial charge in [0.25, 0.3) is 5.91 Å². The van der Waals surface area contributed by atoms with Crippen molar-refractivity contribution in [1.29, 1.82) is 0 Å². The van der Waals surface area contributed by atoms with Crippen molar-refractivity contribution >= 4 is 28.4 Å². The van der Waals surface area contributed by atoms with Crippen LogP contribution in [0.1, 0.15) is 34.5 Å². The van der Waals surface area contributed by atoms with E-state index in [2.05, 4.69) is 14.1 Å². The molecule has 1 aromatic carbocycles. The molecule has 2 aliphatic heterocycles. The molecule has 3 heterocycles. The lowest BCUT2D eigenvalue weighted by Gasteiger charge is -2.34. The minimum atomic E-state index is -3.34. The van der Waals surface area contributed by atoms with Crippen LogP contribution in [0.15, 0.2) is 40.9 Å². The van der Waals surface area contributed by atoms with Gasteiger partial charge in [0.1, 0.15) is 5.75 Å². The van der Waals surface area contributed by atoms with Crippen molar-refractivity contribution in [2.24, 2.45) is 16.0 Å². The van der Waals surface area contributed by atoms with Crippen LogP contribution in [0.4, 0.5) is 5.69 Å². The molecule has 0 aliphatic carbocycles. The van der Waals surface area contributed by atoms with Crippen molar-refractivity contribution in [2.75, 3.05) is 24.4 Å². The second kappa shape index (κ2) is 8.13. The normalized spacial score (nSPS) is 21.1. The average molecular weight is 432 g/mol. The summed E-state index contributed by atoms with van der Waals surface area (Å²) in [4.78, 5) is 19.0. The monoisotopic (exact) mass is 431 g/mol. The summed E-state index contributed by atoms with van der Waals surface area (Å²) >= 11 is 0. The molecule has 0 bridgehead atoms. The molecule has 0 radical (unpaired) electrons. The van der Waals surface area contributed by atoms with E-state index in [1.165, 1.54) is 0 Å². The number of aryl methyl sites for hydroxylation is 1. The summed E-state index contributed by atoms with van der Waals surface area (Å²) in [6.07, 6.45) is 3.54. The molecule has 1 amide bonds. The molecule has 1 fully saturated rings. The summed E-state index contributed by atoms with van der Waals surface area (Å²) in [7, 11) is -3.34. The summed E-state index contributed by atoms with van der Waals surface area (Å²) in [5.41, 5.74) is 8.28. The zero-order valence-electron chi connectivity index (χ0n) is 16.6. The maximum Gasteiger partial charge on any atom is 0.255 e. The van der Waals surface area contributed by atoms with E-state index in [4.69, 9.17) is 10.5 Å². The van der Waals surface area contributed by atoms with Crippen LogP contribution in [0.25, 0.3) is 0 Å². The number of nitrogens with zero attached hydrogens (tertiary/aromatic N) is 3. The highest BCUT2D eigenvalue weighted by Gasteiger charge is 2.28. The quantitative estimate of drug-likeness (QED) is 0.585. The lowest BCUT2D eigenvalue weighted by Crippen LogP contribution is -2.42. The Labute approximate surface area is 176 Å². The van der Waals surface area contributed by atoms with Gasteiger partial charge in [-0.2, -0.15) is 0 Å². The zero-order valence-corrected chi connectivity index (χ0v) is 17.4. The number of likely N-dealkylation sites (tertiary alicyclic amines) is 1. The maximum atomic E-state index is 12.9. The van der Waals surface area contributed by atoms with E-state index in [1.807, 2.05) is 11.8 Å². The van der Waals surface area contributed by atoms with E-state index in [-0.39, 0.29) is 17.7 Å². The van der Waals surface area contributed by atoms with Gasteiger partial charge in [0.15, 0.2) is 5.84 Å². The Kier molecular flexibility index (Phi) is 5.54. The average Bonchev–Trinajstić information content (AvgIpc) is 2.71. The number of hydrogen-bond acceptors (Lipinski definition) is 8. The minimum absolute atomic E-state index is 0.00632. The first kappa shape index (κ1) is 20.5. The fourth-order valence-electron chi connectivity index (χ4n) is 3.83. The number of pyridine rings is 1. The number of ether oxygens (including phenoxy) is 1. The molecule has 1 saturated heterocycles. The molecule has 0 spiro atoms. The second-order valence-electron chi connectivity index (χ2n) is 7.48. The summed E-state index contributed by atoms with van der Waals surface area (Å²) < 4.78 is 31.9. The number of carbonyl (C=O) groups is 1. The van der Waals surface area contributed by atoms with Crippen LogP contribution in [0, 0.1) is 12.8 Å². The predicted molar refractivity (Wildman–Crippen MR) is 117 cm³/mol. The molecule has 1 aromatic heterocycles. The summed E-state index contributed by atoms with van der Waals surface area (Å²) in [6.45, 7) is 3.57. The third-order valence-electron chi connectivity index (χ3n) is 5.27. The standard InChI is InChI=1S/C20H25N5O4S/c1-13-15(6-3-9-22-13)20(26)25-10-4-5-14(11-25)12-29-17-8-2-7-16-18(17)19(21)24-30(27,28)23-16/h2-3,6-9,14,23,27-28H,4-5,10-12H2,1H3,(H2,21,24)/t14-/m0/s1. The summed E-state index contributed by atoms with van der Waals surface area (Å²) in [5.74, 6) is 0.702. The van der Waals surface area contributed by atoms with Crippen LogP contribution in [-0.4, -0.2) is 50.4 Å². The highest BCUT2D eigenvalue weighted by Crippen LogP contribution is 2.46. The molecule has 10 heteroatoms. The molecule has 0 unspecified atom stereocenters. The number of nitrogens with two attached hydrogens (primary N) is 1. The van der Waals surface area contributed by atoms with E-state index < -0.39 is 11.0 Å². The van der Waals surface area contributed by atoms with Gasteiger partial charge in [-0.1, -0.05) is 6.07 Å². The molecular formula is C20H25N5O4S. The Balaban J connectivity index is 1.44. The number of carbonyl (C=O) groups excluding carboxylic acids is 1. The first-order valence-corrected chi connectivity index (χ1v) is 11.2. The number of fused-ring (bicyclic) bond motifs is 1. The maximum absolute atomic E-state index is 12.9. The Bertz CT molecular complexity index is 997. The molecule has 9 nitrogen and oxygen atoms in total. The third-order valence-corrected chi connectivity index (χ3v) is 6.22. The number of nitrogens with one attached hydrogen (secondary N) is 1.